The van der Waals surface area contributed by atoms with Crippen molar-refractivity contribution in [3.8, 4) is 0 Å². The number of carbonyl (C=O) groups excluding carboxylic acids is 2. The Morgan fingerprint density at radius 2 is 2.14 bits per heavy atom. The van der Waals surface area contributed by atoms with Crippen molar-refractivity contribution < 1.29 is 41.8 Å². The molecule has 0 atom stereocenters. The zero-order valence-corrected chi connectivity index (χ0v) is 4.49. The molecule has 0 rings (SSSR count). The van der Waals surface area contributed by atoms with Crippen molar-refractivity contribution in [1.29, 1.82) is 0 Å². The fourth-order valence-electron chi connectivity index (χ4n) is 0.0393. The van der Waals surface area contributed by atoms with E-state index in [2.05, 4.69) is 4.74 Å². The summed E-state index contributed by atoms with van der Waals surface area (Å²) >= 11 is 0. The predicted octanol–water partition coefficient (Wildman–Crippen LogP) is -1.50. The van der Waals surface area contributed by atoms with E-state index in [1.54, 1.807) is 0 Å². The summed E-state index contributed by atoms with van der Waals surface area (Å²) in [7, 11) is 0. The first-order valence-electron chi connectivity index (χ1n) is 1.08. The molecule has 0 spiro atoms. The summed E-state index contributed by atoms with van der Waals surface area (Å²) in [4.78, 5) is 18.0. The number of carbonyl (C=O) groups is 2. The molecular formula is C2HAgO4. The average molecular weight is 197 g/mol. The van der Waals surface area contributed by atoms with Gasteiger partial charge in [0.15, 0.2) is 0 Å². The Morgan fingerprint density at radius 3 is 2.14 bits per heavy atom. The van der Waals surface area contributed by atoms with E-state index in [0.29, 0.717) is 0 Å². The fraction of sp³-hybridized carbons (Fsp3) is 0. The van der Waals surface area contributed by atoms with Gasteiger partial charge in [0.1, 0.15) is 0 Å². The van der Waals surface area contributed by atoms with Gasteiger partial charge in [0.25, 0.3) is 6.16 Å². The number of rotatable bonds is 1. The maximum absolute atomic E-state index is 9.03. The number of hydrogen-bond acceptors (Lipinski definition) is 4. The zero-order valence-electron chi connectivity index (χ0n) is 3.01. The van der Waals surface area contributed by atoms with Crippen molar-refractivity contribution >= 4 is 12.6 Å². The van der Waals surface area contributed by atoms with Gasteiger partial charge in [-0.05, 0) is 0 Å². The molecule has 0 aromatic rings. The van der Waals surface area contributed by atoms with Crippen molar-refractivity contribution in [2.24, 2.45) is 0 Å². The third-order valence-corrected chi connectivity index (χ3v) is 0.144. The molecule has 0 saturated heterocycles. The molecule has 5 heteroatoms. The van der Waals surface area contributed by atoms with Gasteiger partial charge in [-0.15, -0.1) is 0 Å². The van der Waals surface area contributed by atoms with Gasteiger partial charge >= 0.3 is 22.4 Å². The Balaban J connectivity index is 0. The topological polar surface area (TPSA) is 66.4 Å². The standard InChI is InChI=1S/C2H2O4.Ag/c3-1-6-2(4)5;/h1H,(H,4,5);/q;+1/p-1. The van der Waals surface area contributed by atoms with Crippen LogP contribution in [-0.4, -0.2) is 12.6 Å². The summed E-state index contributed by atoms with van der Waals surface area (Å²) in [5.41, 5.74) is 0. The molecule has 0 unspecified atom stereocenters. The normalized spacial score (nSPS) is 5.71. The van der Waals surface area contributed by atoms with Crippen molar-refractivity contribution in [1.82, 2.24) is 0 Å². The van der Waals surface area contributed by atoms with Crippen LogP contribution in [0, 0.1) is 0 Å². The first kappa shape index (κ1) is 9.84. The summed E-state index contributed by atoms with van der Waals surface area (Å²) in [6, 6.07) is 0. The van der Waals surface area contributed by atoms with E-state index < -0.39 is 6.16 Å². The maximum atomic E-state index is 9.03. The molecule has 0 radical (unpaired) electrons. The van der Waals surface area contributed by atoms with Crippen LogP contribution in [0.5, 0.6) is 0 Å². The van der Waals surface area contributed by atoms with Crippen LogP contribution in [-0.2, 0) is 31.9 Å². The van der Waals surface area contributed by atoms with E-state index in [1.807, 2.05) is 0 Å². The van der Waals surface area contributed by atoms with E-state index in [-0.39, 0.29) is 28.9 Å². The van der Waals surface area contributed by atoms with Crippen molar-refractivity contribution in [3.63, 3.8) is 0 Å². The molecule has 0 saturated carbocycles. The minimum atomic E-state index is -1.83. The summed E-state index contributed by atoms with van der Waals surface area (Å²) in [5, 5.41) is 9.03. The Morgan fingerprint density at radius 1 is 1.71 bits per heavy atom. The molecular weight excluding hydrogens is 196 g/mol. The van der Waals surface area contributed by atoms with Crippen LogP contribution in [0.25, 0.3) is 0 Å². The fourth-order valence-corrected chi connectivity index (χ4v) is 0.0393. The van der Waals surface area contributed by atoms with E-state index >= 15 is 0 Å². The summed E-state index contributed by atoms with van der Waals surface area (Å²) in [6.07, 6.45) is -1.83. The van der Waals surface area contributed by atoms with Gasteiger partial charge in [-0.25, -0.2) is 0 Å². The van der Waals surface area contributed by atoms with Crippen LogP contribution in [0.2, 0.25) is 0 Å². The quantitative estimate of drug-likeness (QED) is 0.222. The van der Waals surface area contributed by atoms with E-state index in [0.717, 1.165) is 0 Å². The van der Waals surface area contributed by atoms with Gasteiger partial charge in [0.2, 0.25) is 6.47 Å². The molecule has 0 heterocycles. The molecule has 0 aliphatic rings. The van der Waals surface area contributed by atoms with Crippen LogP contribution >= 0.6 is 0 Å². The second-order valence-electron chi connectivity index (χ2n) is 0.464. The predicted molar refractivity (Wildman–Crippen MR) is 12.5 cm³/mol. The molecule has 0 aromatic heterocycles. The second-order valence-corrected chi connectivity index (χ2v) is 0.464. The van der Waals surface area contributed by atoms with Crippen LogP contribution < -0.4 is 5.11 Å². The molecule has 0 fully saturated rings. The molecule has 44 valence electrons. The molecule has 7 heavy (non-hydrogen) atoms. The maximum Gasteiger partial charge on any atom is 1.00 e. The Labute approximate surface area is 55.0 Å². The molecule has 4 nitrogen and oxygen atoms in total. The van der Waals surface area contributed by atoms with Crippen LogP contribution in [0.15, 0.2) is 0 Å². The minimum absolute atomic E-state index is 0. The van der Waals surface area contributed by atoms with E-state index in [4.69, 9.17) is 14.7 Å². The molecule has 0 aliphatic heterocycles. The van der Waals surface area contributed by atoms with E-state index in [9.17, 15) is 0 Å². The molecule has 0 aromatic carbocycles. The van der Waals surface area contributed by atoms with Gasteiger partial charge in [-0.1, -0.05) is 0 Å². The van der Waals surface area contributed by atoms with Gasteiger partial charge in [-0.2, -0.15) is 0 Å². The zero-order chi connectivity index (χ0) is 4.99. The monoisotopic (exact) mass is 196 g/mol. The average Bonchev–Trinajstić information content (AvgIpc) is 1.35. The second kappa shape index (κ2) is 5.68. The van der Waals surface area contributed by atoms with Crippen molar-refractivity contribution in [2.45, 2.75) is 0 Å². The Kier molecular flexibility index (Phi) is 7.98. The number of carboxylic acid groups (broad SMARTS) is 1. The molecule has 0 amide bonds. The third kappa shape index (κ3) is 10.7. The van der Waals surface area contributed by atoms with Crippen molar-refractivity contribution in [2.75, 3.05) is 0 Å². The first-order chi connectivity index (χ1) is 2.77. The summed E-state index contributed by atoms with van der Waals surface area (Å²) in [6.45, 7) is -0.213. The number of hydrogen-bond donors (Lipinski definition) is 0. The molecule has 0 N–H and O–H groups in total. The van der Waals surface area contributed by atoms with Crippen LogP contribution in [0.3, 0.4) is 0 Å². The smallest absolute Gasteiger partial charge is 0.486 e. The Hall–Kier alpha value is -0.320. The van der Waals surface area contributed by atoms with Gasteiger partial charge in [0, 0.05) is 0 Å². The number of ether oxygens (including phenoxy) is 1. The largest absolute Gasteiger partial charge is 1.00 e. The SMILES string of the molecule is O=COC(=O)[O-].[Ag+]. The molecule has 0 aliphatic carbocycles. The van der Waals surface area contributed by atoms with Gasteiger partial charge in [0.05, 0.1) is 0 Å². The van der Waals surface area contributed by atoms with Crippen molar-refractivity contribution in [3.05, 3.63) is 0 Å². The van der Waals surface area contributed by atoms with E-state index in [1.165, 1.54) is 0 Å². The van der Waals surface area contributed by atoms with Gasteiger partial charge in [-0.3, -0.25) is 4.79 Å². The Bertz CT molecular complexity index is 70.1. The summed E-state index contributed by atoms with van der Waals surface area (Å²) in [5.74, 6) is 0. The first-order valence-corrected chi connectivity index (χ1v) is 1.08. The minimum Gasteiger partial charge on any atom is -0.486 e. The van der Waals surface area contributed by atoms with Gasteiger partial charge < -0.3 is 14.6 Å². The van der Waals surface area contributed by atoms with Crippen LogP contribution in [0.1, 0.15) is 0 Å². The third-order valence-electron chi connectivity index (χ3n) is 0.144. The summed E-state index contributed by atoms with van der Waals surface area (Å²) < 4.78 is 3.17. The molecule has 0 bridgehead atoms. The van der Waals surface area contributed by atoms with Crippen LogP contribution in [0.4, 0.5) is 4.79 Å².